The van der Waals surface area contributed by atoms with Crippen molar-refractivity contribution in [1.29, 1.82) is 0 Å². The third kappa shape index (κ3) is 5.06. The Morgan fingerprint density at radius 3 is 2.30 bits per heavy atom. The maximum Gasteiger partial charge on any atom is 0.311 e. The highest BCUT2D eigenvalue weighted by Crippen LogP contribution is 2.13. The Morgan fingerprint density at radius 2 is 1.74 bits per heavy atom. The number of hydrogen-bond donors (Lipinski definition) is 1. The number of carbonyl (C=O) groups excluding carboxylic acids is 2. The van der Waals surface area contributed by atoms with E-state index in [4.69, 9.17) is 0 Å². The van der Waals surface area contributed by atoms with Crippen LogP contribution in [0, 0.1) is 0 Å². The summed E-state index contributed by atoms with van der Waals surface area (Å²) >= 11 is 0. The lowest BCUT2D eigenvalue weighted by Crippen LogP contribution is -2.49. The van der Waals surface area contributed by atoms with Gasteiger partial charge in [0.2, 0.25) is 0 Å². The molecule has 5 nitrogen and oxygen atoms in total. The molecule has 0 saturated carbocycles. The number of benzene rings is 1. The SMILES string of the molecule is CCN(CC)C(=O)C(=O)NC1CCN(Cc2ccccc2)CC1. The first kappa shape index (κ1) is 17.5. The lowest BCUT2D eigenvalue weighted by Gasteiger charge is -2.32. The van der Waals surface area contributed by atoms with E-state index in [1.807, 2.05) is 19.9 Å². The van der Waals surface area contributed by atoms with Crippen LogP contribution in [0.3, 0.4) is 0 Å². The Bertz CT molecular complexity index is 506. The lowest BCUT2D eigenvalue weighted by molar-refractivity contribution is -0.146. The van der Waals surface area contributed by atoms with Gasteiger partial charge in [-0.2, -0.15) is 0 Å². The molecule has 5 heteroatoms. The van der Waals surface area contributed by atoms with Crippen molar-refractivity contribution in [3.63, 3.8) is 0 Å². The topological polar surface area (TPSA) is 52.7 Å². The molecule has 0 bridgehead atoms. The van der Waals surface area contributed by atoms with Crippen LogP contribution in [-0.4, -0.2) is 53.8 Å². The Hall–Kier alpha value is -1.88. The molecule has 0 radical (unpaired) electrons. The second-order valence-electron chi connectivity index (χ2n) is 5.99. The van der Waals surface area contributed by atoms with Gasteiger partial charge in [0, 0.05) is 38.8 Å². The van der Waals surface area contributed by atoms with Gasteiger partial charge >= 0.3 is 11.8 Å². The quantitative estimate of drug-likeness (QED) is 0.840. The second kappa shape index (κ2) is 8.67. The maximum atomic E-state index is 12.0. The van der Waals surface area contributed by atoms with E-state index in [0.29, 0.717) is 13.1 Å². The molecule has 1 aromatic rings. The van der Waals surface area contributed by atoms with Gasteiger partial charge in [0.1, 0.15) is 0 Å². The van der Waals surface area contributed by atoms with Crippen molar-refractivity contribution in [3.8, 4) is 0 Å². The van der Waals surface area contributed by atoms with Crippen LogP contribution in [0.2, 0.25) is 0 Å². The van der Waals surface area contributed by atoms with E-state index in [1.54, 1.807) is 4.90 Å². The number of nitrogens with one attached hydrogen (secondary N) is 1. The highest BCUT2D eigenvalue weighted by atomic mass is 16.2. The molecule has 0 spiro atoms. The first-order valence-corrected chi connectivity index (χ1v) is 8.50. The van der Waals surface area contributed by atoms with Crippen LogP contribution in [-0.2, 0) is 16.1 Å². The predicted octanol–water partition coefficient (Wildman–Crippen LogP) is 1.64. The molecular weight excluding hydrogens is 290 g/mol. The highest BCUT2D eigenvalue weighted by molar-refractivity contribution is 6.35. The fourth-order valence-electron chi connectivity index (χ4n) is 2.98. The summed E-state index contributed by atoms with van der Waals surface area (Å²) in [5.74, 6) is -0.878. The number of rotatable bonds is 5. The summed E-state index contributed by atoms with van der Waals surface area (Å²) < 4.78 is 0. The predicted molar refractivity (Wildman–Crippen MR) is 90.8 cm³/mol. The van der Waals surface area contributed by atoms with E-state index in [-0.39, 0.29) is 6.04 Å². The van der Waals surface area contributed by atoms with E-state index in [9.17, 15) is 9.59 Å². The summed E-state index contributed by atoms with van der Waals surface area (Å²) in [5.41, 5.74) is 1.31. The van der Waals surface area contributed by atoms with Crippen LogP contribution in [0.15, 0.2) is 30.3 Å². The molecule has 1 aliphatic rings. The van der Waals surface area contributed by atoms with E-state index in [1.165, 1.54) is 5.56 Å². The van der Waals surface area contributed by atoms with E-state index in [0.717, 1.165) is 32.5 Å². The van der Waals surface area contributed by atoms with Gasteiger partial charge in [0.05, 0.1) is 0 Å². The van der Waals surface area contributed by atoms with Crippen LogP contribution < -0.4 is 5.32 Å². The van der Waals surface area contributed by atoms with Crippen LogP contribution >= 0.6 is 0 Å². The van der Waals surface area contributed by atoms with Crippen molar-refractivity contribution in [2.45, 2.75) is 39.3 Å². The van der Waals surface area contributed by atoms with Crippen molar-refractivity contribution in [2.24, 2.45) is 0 Å². The summed E-state index contributed by atoms with van der Waals surface area (Å²) in [6.07, 6.45) is 1.79. The summed E-state index contributed by atoms with van der Waals surface area (Å²) in [7, 11) is 0. The summed E-state index contributed by atoms with van der Waals surface area (Å²) in [6, 6.07) is 10.5. The van der Waals surface area contributed by atoms with Gasteiger partial charge in [-0.05, 0) is 32.3 Å². The number of hydrogen-bond acceptors (Lipinski definition) is 3. The minimum absolute atomic E-state index is 0.106. The third-order valence-corrected chi connectivity index (χ3v) is 4.42. The molecule has 2 rings (SSSR count). The minimum Gasteiger partial charge on any atom is -0.345 e. The zero-order chi connectivity index (χ0) is 16.7. The molecule has 1 fully saturated rings. The normalized spacial score (nSPS) is 16.1. The molecule has 126 valence electrons. The van der Waals surface area contributed by atoms with Gasteiger partial charge in [-0.25, -0.2) is 0 Å². The molecule has 1 heterocycles. The smallest absolute Gasteiger partial charge is 0.311 e. The molecule has 0 atom stereocenters. The van der Waals surface area contributed by atoms with E-state index >= 15 is 0 Å². The van der Waals surface area contributed by atoms with Gasteiger partial charge in [-0.1, -0.05) is 30.3 Å². The van der Waals surface area contributed by atoms with Crippen molar-refractivity contribution in [1.82, 2.24) is 15.1 Å². The average Bonchev–Trinajstić information content (AvgIpc) is 2.58. The van der Waals surface area contributed by atoms with Crippen molar-refractivity contribution < 1.29 is 9.59 Å². The van der Waals surface area contributed by atoms with Crippen LogP contribution in [0.4, 0.5) is 0 Å². The lowest BCUT2D eigenvalue weighted by atomic mass is 10.0. The fraction of sp³-hybridized carbons (Fsp3) is 0.556. The number of piperidine rings is 1. The standard InChI is InChI=1S/C18H27N3O2/c1-3-21(4-2)18(23)17(22)19-16-10-12-20(13-11-16)14-15-8-6-5-7-9-15/h5-9,16H,3-4,10-14H2,1-2H3,(H,19,22). The zero-order valence-electron chi connectivity index (χ0n) is 14.1. The molecule has 0 unspecified atom stereocenters. The summed E-state index contributed by atoms with van der Waals surface area (Å²) in [6.45, 7) is 7.74. The first-order chi connectivity index (χ1) is 11.1. The van der Waals surface area contributed by atoms with E-state index in [2.05, 4.69) is 34.5 Å². The number of likely N-dealkylation sites (tertiary alicyclic amines) is 1. The van der Waals surface area contributed by atoms with Crippen LogP contribution in [0.25, 0.3) is 0 Å². The summed E-state index contributed by atoms with van der Waals surface area (Å²) in [5, 5.41) is 2.90. The molecule has 2 amide bonds. The average molecular weight is 317 g/mol. The maximum absolute atomic E-state index is 12.0. The molecular formula is C18H27N3O2. The Kier molecular flexibility index (Phi) is 6.59. The number of amides is 2. The van der Waals surface area contributed by atoms with Gasteiger partial charge < -0.3 is 10.2 Å². The molecule has 0 aliphatic carbocycles. The fourth-order valence-corrected chi connectivity index (χ4v) is 2.98. The summed E-state index contributed by atoms with van der Waals surface area (Å²) in [4.78, 5) is 28.0. The molecule has 1 aromatic carbocycles. The molecule has 23 heavy (non-hydrogen) atoms. The largest absolute Gasteiger partial charge is 0.345 e. The first-order valence-electron chi connectivity index (χ1n) is 8.50. The molecule has 1 aliphatic heterocycles. The van der Waals surface area contributed by atoms with Crippen molar-refractivity contribution >= 4 is 11.8 Å². The zero-order valence-corrected chi connectivity index (χ0v) is 14.1. The minimum atomic E-state index is -0.463. The highest BCUT2D eigenvalue weighted by Gasteiger charge is 2.25. The van der Waals surface area contributed by atoms with Crippen LogP contribution in [0.5, 0.6) is 0 Å². The van der Waals surface area contributed by atoms with Crippen LogP contribution in [0.1, 0.15) is 32.3 Å². The molecule has 1 saturated heterocycles. The molecule has 1 N–H and O–H groups in total. The van der Waals surface area contributed by atoms with Gasteiger partial charge in [0.25, 0.3) is 0 Å². The number of likely N-dealkylation sites (N-methyl/N-ethyl adjacent to an activating group) is 1. The number of carbonyl (C=O) groups is 2. The monoisotopic (exact) mass is 317 g/mol. The van der Waals surface area contributed by atoms with Gasteiger partial charge in [-0.3, -0.25) is 14.5 Å². The molecule has 0 aromatic heterocycles. The second-order valence-corrected chi connectivity index (χ2v) is 5.99. The van der Waals surface area contributed by atoms with E-state index < -0.39 is 11.8 Å². The van der Waals surface area contributed by atoms with Crippen molar-refractivity contribution in [3.05, 3.63) is 35.9 Å². The van der Waals surface area contributed by atoms with Gasteiger partial charge in [0.15, 0.2) is 0 Å². The van der Waals surface area contributed by atoms with Gasteiger partial charge in [-0.15, -0.1) is 0 Å². The Balaban J connectivity index is 1.76. The van der Waals surface area contributed by atoms with Crippen molar-refractivity contribution in [2.75, 3.05) is 26.2 Å². The third-order valence-electron chi connectivity index (χ3n) is 4.42. The Morgan fingerprint density at radius 1 is 1.13 bits per heavy atom. The Labute approximate surface area is 138 Å². The number of nitrogens with zero attached hydrogens (tertiary/aromatic N) is 2.